The number of hydrogen-bond donors (Lipinski definition) is 3. The number of aromatic hydroxyl groups is 1. The zero-order valence-electron chi connectivity index (χ0n) is 14.1. The Hall–Kier alpha value is -2.95. The second-order valence-corrected chi connectivity index (χ2v) is 6.87. The third kappa shape index (κ3) is 4.08. The zero-order chi connectivity index (χ0) is 19.6. The highest BCUT2D eigenvalue weighted by molar-refractivity contribution is 14.1. The summed E-state index contributed by atoms with van der Waals surface area (Å²) < 4.78 is 6.30. The number of benzene rings is 2. The van der Waals surface area contributed by atoms with Gasteiger partial charge in [-0.3, -0.25) is 4.79 Å². The number of ether oxygens (including phenoxy) is 1. The van der Waals surface area contributed by atoms with E-state index < -0.39 is 18.5 Å². The molecule has 3 N–H and O–H groups in total. The van der Waals surface area contributed by atoms with Crippen molar-refractivity contribution in [1.29, 1.82) is 0 Å². The maximum Gasteiger partial charge on any atom is 0.336 e. The quantitative estimate of drug-likeness (QED) is 0.374. The fraction of sp³-hybridized carbons (Fsp3) is 0.111. The Kier molecular flexibility index (Phi) is 5.40. The normalized spacial score (nSPS) is 11.2. The van der Waals surface area contributed by atoms with Crippen molar-refractivity contribution in [2.75, 3.05) is 6.61 Å². The Labute approximate surface area is 167 Å². The van der Waals surface area contributed by atoms with Gasteiger partial charge in [0.25, 0.3) is 0 Å². The van der Waals surface area contributed by atoms with Crippen LogP contribution in [0.2, 0.25) is 0 Å². The summed E-state index contributed by atoms with van der Waals surface area (Å²) in [6, 6.07) is 10.0. The third-order valence-electron chi connectivity index (χ3n) is 3.84. The Morgan fingerprint density at radius 1 is 1.26 bits per heavy atom. The van der Waals surface area contributed by atoms with Gasteiger partial charge in [-0.2, -0.15) is 0 Å². The second kappa shape index (κ2) is 7.74. The first-order valence-electron chi connectivity index (χ1n) is 7.77. The second-order valence-electron chi connectivity index (χ2n) is 5.63. The van der Waals surface area contributed by atoms with Crippen LogP contribution in [0.4, 0.5) is 5.69 Å². The summed E-state index contributed by atoms with van der Waals surface area (Å²) >= 11 is 2.13. The highest BCUT2D eigenvalue weighted by atomic mass is 127. The number of aromatic amines is 1. The number of hydrogen-bond acceptors (Lipinski definition) is 5. The molecule has 0 unspecified atom stereocenters. The number of carbonyl (C=O) groups is 2. The molecule has 27 heavy (non-hydrogen) atoms. The molecule has 3 rings (SSSR count). The molecule has 0 aliphatic heterocycles. The van der Waals surface area contributed by atoms with Gasteiger partial charge in [0, 0.05) is 14.5 Å². The molecule has 8 nitrogen and oxygen atoms in total. The predicted octanol–water partition coefficient (Wildman–Crippen LogP) is 4.17. The molecule has 1 heterocycles. The van der Waals surface area contributed by atoms with E-state index in [1.807, 2.05) is 12.1 Å². The number of H-pyrrole nitrogens is 1. The number of aromatic carboxylic acids is 1. The average Bonchev–Trinajstić information content (AvgIpc) is 2.93. The third-order valence-corrected chi connectivity index (χ3v) is 4.51. The number of fused-ring (bicyclic) bond motifs is 1. The molecule has 1 aromatic heterocycles. The van der Waals surface area contributed by atoms with Crippen LogP contribution >= 0.6 is 22.6 Å². The summed E-state index contributed by atoms with van der Waals surface area (Å²) in [5.41, 5.74) is 1.35. The van der Waals surface area contributed by atoms with Crippen molar-refractivity contribution < 1.29 is 24.5 Å². The minimum atomic E-state index is -1.08. The van der Waals surface area contributed by atoms with Gasteiger partial charge < -0.3 is 19.9 Å². The number of halogens is 1. The number of aromatic nitrogens is 1. The smallest absolute Gasteiger partial charge is 0.336 e. The summed E-state index contributed by atoms with van der Waals surface area (Å²) in [4.78, 5) is 25.8. The molecule has 0 saturated carbocycles. The number of rotatable bonds is 5. The number of nitrogens with one attached hydrogen (secondary N) is 1. The van der Waals surface area contributed by atoms with E-state index in [2.05, 4.69) is 37.8 Å². The van der Waals surface area contributed by atoms with Gasteiger partial charge in [0.05, 0.1) is 11.1 Å². The van der Waals surface area contributed by atoms with Gasteiger partial charge in [-0.1, -0.05) is 6.07 Å². The molecule has 3 aromatic rings. The van der Waals surface area contributed by atoms with Crippen molar-refractivity contribution in [3.8, 4) is 11.6 Å². The maximum absolute atomic E-state index is 12.0. The lowest BCUT2D eigenvalue weighted by Gasteiger charge is -2.08. The van der Waals surface area contributed by atoms with Crippen LogP contribution in [-0.2, 0) is 4.79 Å². The minimum absolute atomic E-state index is 0.0971. The van der Waals surface area contributed by atoms with E-state index in [1.165, 1.54) is 12.1 Å². The van der Waals surface area contributed by atoms with Gasteiger partial charge in [0.15, 0.2) is 12.3 Å². The zero-order valence-corrected chi connectivity index (χ0v) is 16.2. The van der Waals surface area contributed by atoms with E-state index >= 15 is 0 Å². The number of amides is 1. The van der Waals surface area contributed by atoms with Crippen LogP contribution in [-0.4, -0.2) is 33.7 Å². The maximum atomic E-state index is 12.0. The highest BCUT2D eigenvalue weighted by Gasteiger charge is 2.13. The number of carboxylic acids is 1. The van der Waals surface area contributed by atoms with Gasteiger partial charge in [0.1, 0.15) is 5.75 Å². The molecule has 0 aliphatic carbocycles. The average molecular weight is 479 g/mol. The van der Waals surface area contributed by atoms with E-state index in [1.54, 1.807) is 19.1 Å². The van der Waals surface area contributed by atoms with Gasteiger partial charge in [-0.15, -0.1) is 10.2 Å². The Morgan fingerprint density at radius 2 is 2.04 bits per heavy atom. The first kappa shape index (κ1) is 18.8. The first-order valence-corrected chi connectivity index (χ1v) is 8.85. The molecule has 0 aliphatic rings. The fourth-order valence-electron chi connectivity index (χ4n) is 2.51. The van der Waals surface area contributed by atoms with E-state index in [9.17, 15) is 14.7 Å². The molecule has 0 atom stereocenters. The van der Waals surface area contributed by atoms with Crippen LogP contribution in [0.15, 0.2) is 46.6 Å². The van der Waals surface area contributed by atoms with Gasteiger partial charge in [-0.25, -0.2) is 4.79 Å². The molecule has 0 radical (unpaired) electrons. The molecule has 0 saturated heterocycles. The molecule has 0 fully saturated rings. The van der Waals surface area contributed by atoms with Crippen LogP contribution in [0.5, 0.6) is 11.6 Å². The summed E-state index contributed by atoms with van der Waals surface area (Å²) in [7, 11) is 0. The van der Waals surface area contributed by atoms with E-state index in [4.69, 9.17) is 9.84 Å². The van der Waals surface area contributed by atoms with Crippen molar-refractivity contribution in [3.05, 3.63) is 51.1 Å². The van der Waals surface area contributed by atoms with Crippen molar-refractivity contribution in [3.63, 3.8) is 0 Å². The molecular formula is C18H14IN3O5. The number of carbonyl (C=O) groups excluding carboxylic acids is 1. The SMILES string of the molecule is Cc1c(OCC(=O)N=Nc2c(O)[nH]c3ccc(I)cc23)cccc1C(=O)O. The Morgan fingerprint density at radius 3 is 2.78 bits per heavy atom. The fourth-order valence-corrected chi connectivity index (χ4v) is 3.00. The largest absolute Gasteiger partial charge is 0.493 e. The van der Waals surface area contributed by atoms with Crippen molar-refractivity contribution in [2.24, 2.45) is 10.2 Å². The van der Waals surface area contributed by atoms with Crippen LogP contribution < -0.4 is 4.74 Å². The lowest BCUT2D eigenvalue weighted by atomic mass is 10.1. The number of nitrogens with zero attached hydrogens (tertiary/aromatic N) is 2. The number of azo groups is 1. The van der Waals surface area contributed by atoms with Gasteiger partial charge in [-0.05, 0) is 59.8 Å². The Balaban J connectivity index is 1.74. The first-order chi connectivity index (χ1) is 12.9. The number of carboxylic acid groups (broad SMARTS) is 1. The summed E-state index contributed by atoms with van der Waals surface area (Å²) in [5, 5.41) is 27.1. The van der Waals surface area contributed by atoms with Crippen LogP contribution in [0.25, 0.3) is 10.9 Å². The summed E-state index contributed by atoms with van der Waals surface area (Å²) in [6.07, 6.45) is 0. The predicted molar refractivity (Wildman–Crippen MR) is 106 cm³/mol. The lowest BCUT2D eigenvalue weighted by molar-refractivity contribution is -0.120. The van der Waals surface area contributed by atoms with E-state index in [0.29, 0.717) is 16.5 Å². The van der Waals surface area contributed by atoms with Crippen molar-refractivity contribution in [2.45, 2.75) is 6.92 Å². The van der Waals surface area contributed by atoms with Crippen LogP contribution in [0, 0.1) is 10.5 Å². The van der Waals surface area contributed by atoms with Crippen molar-refractivity contribution >= 4 is 51.1 Å². The summed E-state index contributed by atoms with van der Waals surface area (Å²) in [6.45, 7) is 1.18. The van der Waals surface area contributed by atoms with Gasteiger partial charge >= 0.3 is 11.9 Å². The van der Waals surface area contributed by atoms with Crippen LogP contribution in [0.1, 0.15) is 15.9 Å². The highest BCUT2D eigenvalue weighted by Crippen LogP contribution is 2.36. The molecular weight excluding hydrogens is 465 g/mol. The molecule has 138 valence electrons. The standard InChI is InChI=1S/C18H14IN3O5/c1-9-11(18(25)26)3-2-4-14(9)27-8-15(23)21-22-16-12-7-10(19)5-6-13(12)20-17(16)24/h2-7,20,24H,8H2,1H3,(H,25,26). The summed E-state index contributed by atoms with van der Waals surface area (Å²) in [5.74, 6) is -1.65. The van der Waals surface area contributed by atoms with E-state index in [0.717, 1.165) is 3.57 Å². The monoisotopic (exact) mass is 479 g/mol. The minimum Gasteiger partial charge on any atom is -0.493 e. The van der Waals surface area contributed by atoms with Gasteiger partial charge in [0.2, 0.25) is 5.88 Å². The van der Waals surface area contributed by atoms with E-state index in [-0.39, 0.29) is 22.9 Å². The van der Waals surface area contributed by atoms with Crippen LogP contribution in [0.3, 0.4) is 0 Å². The topological polar surface area (TPSA) is 124 Å². The molecule has 1 amide bonds. The van der Waals surface area contributed by atoms with Crippen molar-refractivity contribution in [1.82, 2.24) is 4.98 Å². The molecule has 9 heteroatoms. The Bertz CT molecular complexity index is 1070. The molecule has 0 spiro atoms. The lowest BCUT2D eigenvalue weighted by Crippen LogP contribution is -2.10. The molecule has 0 bridgehead atoms. The molecule has 2 aromatic carbocycles.